The number of rotatable bonds is 3. The molecule has 0 heterocycles. The molecule has 1 radical (unpaired) electrons. The molecule has 2 fully saturated rings. The van der Waals surface area contributed by atoms with Crippen molar-refractivity contribution in [3.63, 3.8) is 0 Å². The van der Waals surface area contributed by atoms with Gasteiger partial charge in [-0.1, -0.05) is 78.1 Å². The maximum atomic E-state index is 2.40. The van der Waals surface area contributed by atoms with Crippen molar-refractivity contribution in [3.05, 3.63) is 5.92 Å². The molecule has 2 saturated carbocycles. The Hall–Kier alpha value is 0. The molecule has 2 rings (SSSR count). The number of hydrogen-bond donors (Lipinski definition) is 0. The molecule has 0 bridgehead atoms. The molecule has 0 heteroatoms. The zero-order valence-electron chi connectivity index (χ0n) is 11.3. The van der Waals surface area contributed by atoms with Gasteiger partial charge < -0.3 is 0 Å². The molecular weight excluding hydrogens is 192 g/mol. The third-order valence-corrected chi connectivity index (χ3v) is 4.98. The summed E-state index contributed by atoms with van der Waals surface area (Å²) in [6.45, 7) is 4.79. The second-order valence-electron chi connectivity index (χ2n) is 6.40. The second-order valence-corrected chi connectivity index (χ2v) is 6.40. The Kier molecular flexibility index (Phi) is 4.73. The summed E-state index contributed by atoms with van der Waals surface area (Å²) in [6.07, 6.45) is 15.1. The first-order chi connectivity index (χ1) is 7.79. The van der Waals surface area contributed by atoms with Gasteiger partial charge in [0.15, 0.2) is 0 Å². The highest BCUT2D eigenvalue weighted by Crippen LogP contribution is 2.43. The van der Waals surface area contributed by atoms with Gasteiger partial charge in [0.1, 0.15) is 0 Å². The van der Waals surface area contributed by atoms with Crippen molar-refractivity contribution in [2.75, 3.05) is 0 Å². The summed E-state index contributed by atoms with van der Waals surface area (Å²) in [5, 5.41) is 0. The maximum absolute atomic E-state index is 2.40. The topological polar surface area (TPSA) is 0 Å². The Balaban J connectivity index is 1.96. The molecule has 0 aromatic rings. The monoisotopic (exact) mass is 221 g/mol. The van der Waals surface area contributed by atoms with Crippen molar-refractivity contribution >= 4 is 0 Å². The molecule has 2 aliphatic rings. The zero-order valence-corrected chi connectivity index (χ0v) is 11.3. The maximum Gasteiger partial charge on any atom is -0.0267 e. The third-order valence-electron chi connectivity index (χ3n) is 4.98. The predicted octanol–water partition coefficient (Wildman–Crippen LogP) is 5.38. The lowest BCUT2D eigenvalue weighted by Crippen LogP contribution is -2.30. The molecule has 2 aliphatic carbocycles. The molecule has 93 valence electrons. The van der Waals surface area contributed by atoms with E-state index >= 15 is 0 Å². The van der Waals surface area contributed by atoms with Crippen molar-refractivity contribution in [2.24, 2.45) is 17.8 Å². The van der Waals surface area contributed by atoms with Crippen LogP contribution in [0.5, 0.6) is 0 Å². The van der Waals surface area contributed by atoms with Crippen LogP contribution >= 0.6 is 0 Å². The Labute approximate surface area is 102 Å². The summed E-state index contributed by atoms with van der Waals surface area (Å²) in [4.78, 5) is 0. The fourth-order valence-electron chi connectivity index (χ4n) is 4.31. The zero-order chi connectivity index (χ0) is 11.4. The van der Waals surface area contributed by atoms with Gasteiger partial charge in [-0.25, -0.2) is 0 Å². The summed E-state index contributed by atoms with van der Waals surface area (Å²) < 4.78 is 0. The van der Waals surface area contributed by atoms with E-state index in [9.17, 15) is 0 Å². The van der Waals surface area contributed by atoms with E-state index in [0.29, 0.717) is 0 Å². The minimum absolute atomic E-state index is 0.973. The van der Waals surface area contributed by atoms with Crippen LogP contribution in [0.25, 0.3) is 0 Å². The first kappa shape index (κ1) is 12.5. The van der Waals surface area contributed by atoms with Gasteiger partial charge in [-0.05, 0) is 23.7 Å². The van der Waals surface area contributed by atoms with Crippen LogP contribution in [0.4, 0.5) is 0 Å². The SMILES string of the molecule is C[C](C)C(C1CCCCC1)C1CCCCC1. The Morgan fingerprint density at radius 2 is 1.06 bits per heavy atom. The standard InChI is InChI=1S/C16H29/c1-13(2)16(14-9-5-3-6-10-14)15-11-7-4-8-12-15/h14-16H,3-12H2,1-2H3. The van der Waals surface area contributed by atoms with E-state index in [4.69, 9.17) is 0 Å². The van der Waals surface area contributed by atoms with Crippen LogP contribution < -0.4 is 0 Å². The molecule has 0 spiro atoms. The molecule has 0 aliphatic heterocycles. The molecule has 0 unspecified atom stereocenters. The average molecular weight is 221 g/mol. The van der Waals surface area contributed by atoms with Crippen molar-refractivity contribution in [1.82, 2.24) is 0 Å². The van der Waals surface area contributed by atoms with Gasteiger partial charge in [0.25, 0.3) is 0 Å². The van der Waals surface area contributed by atoms with Gasteiger partial charge in [0.2, 0.25) is 0 Å². The van der Waals surface area contributed by atoms with E-state index < -0.39 is 0 Å². The first-order valence-corrected chi connectivity index (χ1v) is 7.59. The smallest absolute Gasteiger partial charge is 0.0267 e. The summed E-state index contributed by atoms with van der Waals surface area (Å²) >= 11 is 0. The third kappa shape index (κ3) is 3.02. The molecule has 0 N–H and O–H groups in total. The molecule has 0 atom stereocenters. The van der Waals surface area contributed by atoms with E-state index in [-0.39, 0.29) is 0 Å². The van der Waals surface area contributed by atoms with Crippen molar-refractivity contribution in [3.8, 4) is 0 Å². The first-order valence-electron chi connectivity index (χ1n) is 7.59. The van der Waals surface area contributed by atoms with Crippen LogP contribution in [0.3, 0.4) is 0 Å². The van der Waals surface area contributed by atoms with Gasteiger partial charge in [-0.3, -0.25) is 0 Å². The molecule has 0 amide bonds. The molecule has 0 aromatic carbocycles. The molecule has 0 nitrogen and oxygen atoms in total. The van der Waals surface area contributed by atoms with Crippen LogP contribution in [-0.2, 0) is 0 Å². The molecular formula is C16H29. The van der Waals surface area contributed by atoms with E-state index in [1.165, 1.54) is 64.2 Å². The van der Waals surface area contributed by atoms with E-state index in [2.05, 4.69) is 13.8 Å². The van der Waals surface area contributed by atoms with E-state index in [1.54, 1.807) is 5.92 Å². The second kappa shape index (κ2) is 6.07. The molecule has 0 aromatic heterocycles. The highest BCUT2D eigenvalue weighted by molar-refractivity contribution is 4.96. The fourth-order valence-corrected chi connectivity index (χ4v) is 4.31. The van der Waals surface area contributed by atoms with Crippen LogP contribution in [-0.4, -0.2) is 0 Å². The summed E-state index contributed by atoms with van der Waals surface area (Å²) in [7, 11) is 0. The highest BCUT2D eigenvalue weighted by Gasteiger charge is 2.33. The van der Waals surface area contributed by atoms with E-state index in [1.807, 2.05) is 0 Å². The van der Waals surface area contributed by atoms with Crippen LogP contribution in [0.2, 0.25) is 0 Å². The van der Waals surface area contributed by atoms with Gasteiger partial charge in [-0.15, -0.1) is 0 Å². The fraction of sp³-hybridized carbons (Fsp3) is 0.938. The van der Waals surface area contributed by atoms with Crippen molar-refractivity contribution in [2.45, 2.75) is 78.1 Å². The minimum atomic E-state index is 0.973. The Morgan fingerprint density at radius 3 is 1.38 bits per heavy atom. The Bertz CT molecular complexity index is 164. The largest absolute Gasteiger partial charge is 0.0591 e. The number of hydrogen-bond acceptors (Lipinski definition) is 0. The lowest BCUT2D eigenvalue weighted by molar-refractivity contribution is 0.155. The summed E-state index contributed by atoms with van der Waals surface area (Å²) in [5.74, 6) is 4.79. The molecule has 0 saturated heterocycles. The van der Waals surface area contributed by atoms with Gasteiger partial charge in [0, 0.05) is 0 Å². The van der Waals surface area contributed by atoms with Crippen molar-refractivity contribution < 1.29 is 0 Å². The quantitative estimate of drug-likeness (QED) is 0.600. The Morgan fingerprint density at radius 1 is 0.688 bits per heavy atom. The average Bonchev–Trinajstić information content (AvgIpc) is 2.31. The summed E-state index contributed by atoms with van der Waals surface area (Å²) in [6, 6.07) is 0. The lowest BCUT2D eigenvalue weighted by Gasteiger charge is -2.40. The van der Waals surface area contributed by atoms with Crippen molar-refractivity contribution in [1.29, 1.82) is 0 Å². The molecule has 16 heavy (non-hydrogen) atoms. The normalized spacial score (nSPS) is 25.5. The minimum Gasteiger partial charge on any atom is -0.0591 e. The van der Waals surface area contributed by atoms with Gasteiger partial charge in [-0.2, -0.15) is 0 Å². The van der Waals surface area contributed by atoms with Gasteiger partial charge >= 0.3 is 0 Å². The lowest BCUT2D eigenvalue weighted by atomic mass is 9.65. The predicted molar refractivity (Wildman–Crippen MR) is 71.2 cm³/mol. The van der Waals surface area contributed by atoms with Gasteiger partial charge in [0.05, 0.1) is 0 Å². The van der Waals surface area contributed by atoms with Crippen LogP contribution in [0.15, 0.2) is 0 Å². The van der Waals surface area contributed by atoms with E-state index in [0.717, 1.165) is 17.8 Å². The van der Waals surface area contributed by atoms with Crippen LogP contribution in [0.1, 0.15) is 78.1 Å². The summed E-state index contributed by atoms with van der Waals surface area (Å²) in [5.41, 5.74) is 0. The highest BCUT2D eigenvalue weighted by atomic mass is 14.4. The van der Waals surface area contributed by atoms with Crippen LogP contribution in [0, 0.1) is 23.7 Å².